The van der Waals surface area contributed by atoms with E-state index in [9.17, 15) is 18.0 Å². The molecule has 3 aromatic carbocycles. The number of nitrogens with one attached hydrogen (secondary N) is 1. The Balaban J connectivity index is 2.08. The van der Waals surface area contributed by atoms with Gasteiger partial charge in [0.05, 0.1) is 17.2 Å². The molecule has 0 aromatic heterocycles. The van der Waals surface area contributed by atoms with Gasteiger partial charge in [0.25, 0.3) is 10.0 Å². The molecule has 1 unspecified atom stereocenters. The molecule has 1 atom stereocenters. The van der Waals surface area contributed by atoms with Gasteiger partial charge in [-0.1, -0.05) is 58.4 Å². The van der Waals surface area contributed by atoms with E-state index in [-0.39, 0.29) is 23.0 Å². The van der Waals surface area contributed by atoms with Gasteiger partial charge in [-0.15, -0.1) is 0 Å². The molecule has 0 saturated heterocycles. The lowest BCUT2D eigenvalue weighted by Gasteiger charge is -2.33. The summed E-state index contributed by atoms with van der Waals surface area (Å²) in [5.41, 5.74) is 0.496. The molecule has 1 N–H and O–H groups in total. The number of rotatable bonds is 11. The number of anilines is 1. The number of ether oxygens (including phenoxy) is 1. The van der Waals surface area contributed by atoms with Crippen molar-refractivity contribution in [1.82, 2.24) is 10.2 Å². The van der Waals surface area contributed by atoms with Gasteiger partial charge >= 0.3 is 0 Å². The zero-order chi connectivity index (χ0) is 29.5. The van der Waals surface area contributed by atoms with E-state index in [1.807, 2.05) is 45.0 Å². The van der Waals surface area contributed by atoms with Crippen LogP contribution in [-0.4, -0.2) is 49.9 Å². The van der Waals surface area contributed by atoms with Crippen LogP contribution in [0.15, 0.2) is 88.2 Å². The molecule has 0 saturated carbocycles. The molecule has 8 nitrogen and oxygen atoms in total. The predicted molar refractivity (Wildman–Crippen MR) is 161 cm³/mol. The van der Waals surface area contributed by atoms with Crippen molar-refractivity contribution in [3.63, 3.8) is 0 Å². The van der Waals surface area contributed by atoms with Crippen LogP contribution >= 0.6 is 15.9 Å². The number of hydrogen-bond acceptors (Lipinski definition) is 5. The van der Waals surface area contributed by atoms with Crippen LogP contribution in [0.2, 0.25) is 0 Å². The fourth-order valence-corrected chi connectivity index (χ4v) is 5.95. The molecule has 214 valence electrons. The smallest absolute Gasteiger partial charge is 0.264 e. The number of halogens is 1. The van der Waals surface area contributed by atoms with E-state index < -0.39 is 34.1 Å². The van der Waals surface area contributed by atoms with Gasteiger partial charge in [0.15, 0.2) is 0 Å². The van der Waals surface area contributed by atoms with Crippen molar-refractivity contribution in [3.8, 4) is 5.75 Å². The molecule has 2 amide bonds. The number of carbonyl (C=O) groups is 2. The first-order chi connectivity index (χ1) is 18.8. The Morgan fingerprint density at radius 1 is 0.975 bits per heavy atom. The summed E-state index contributed by atoms with van der Waals surface area (Å²) in [5, 5.41) is 2.92. The number of amides is 2. The number of benzene rings is 3. The normalized spacial score (nSPS) is 12.3. The molecular formula is C30H36BrN3O5S. The summed E-state index contributed by atoms with van der Waals surface area (Å²) in [7, 11) is -4.18. The maximum Gasteiger partial charge on any atom is 0.264 e. The van der Waals surface area contributed by atoms with Crippen LogP contribution in [-0.2, 0) is 26.2 Å². The molecule has 0 heterocycles. The fourth-order valence-electron chi connectivity index (χ4n) is 4.06. The van der Waals surface area contributed by atoms with Crippen molar-refractivity contribution in [2.45, 2.75) is 57.6 Å². The summed E-state index contributed by atoms with van der Waals surface area (Å²) in [5.74, 6) is -0.556. The van der Waals surface area contributed by atoms with E-state index in [1.165, 1.54) is 17.0 Å². The van der Waals surface area contributed by atoms with Gasteiger partial charge in [0.2, 0.25) is 11.8 Å². The average Bonchev–Trinajstić information content (AvgIpc) is 2.90. The van der Waals surface area contributed by atoms with Gasteiger partial charge in [0.1, 0.15) is 18.3 Å². The topological polar surface area (TPSA) is 96.0 Å². The maximum absolute atomic E-state index is 14.1. The average molecular weight is 631 g/mol. The van der Waals surface area contributed by atoms with Crippen molar-refractivity contribution < 1.29 is 22.7 Å². The van der Waals surface area contributed by atoms with Gasteiger partial charge < -0.3 is 15.0 Å². The molecule has 0 aliphatic rings. The first-order valence-electron chi connectivity index (χ1n) is 13.0. The Hall–Kier alpha value is -3.37. The lowest BCUT2D eigenvalue weighted by Crippen LogP contribution is -2.54. The van der Waals surface area contributed by atoms with Gasteiger partial charge in [-0.25, -0.2) is 8.42 Å². The molecule has 0 aliphatic heterocycles. The number of carbonyl (C=O) groups excluding carboxylic acids is 2. The first kappa shape index (κ1) is 31.2. The van der Waals surface area contributed by atoms with Crippen LogP contribution in [0.1, 0.15) is 40.2 Å². The van der Waals surface area contributed by atoms with E-state index >= 15 is 0 Å². The second-order valence-corrected chi connectivity index (χ2v) is 13.1. The molecule has 0 radical (unpaired) electrons. The highest BCUT2D eigenvalue weighted by molar-refractivity contribution is 9.10. The largest absolute Gasteiger partial charge is 0.492 e. The van der Waals surface area contributed by atoms with Crippen LogP contribution in [0.3, 0.4) is 0 Å². The second kappa shape index (κ2) is 13.3. The van der Waals surface area contributed by atoms with Crippen LogP contribution in [0.5, 0.6) is 5.75 Å². The zero-order valence-corrected chi connectivity index (χ0v) is 25.8. The zero-order valence-electron chi connectivity index (χ0n) is 23.4. The van der Waals surface area contributed by atoms with E-state index in [4.69, 9.17) is 4.74 Å². The second-order valence-electron chi connectivity index (χ2n) is 10.3. The van der Waals surface area contributed by atoms with Crippen molar-refractivity contribution in [3.05, 3.63) is 88.9 Å². The first-order valence-corrected chi connectivity index (χ1v) is 15.2. The molecule has 0 spiro atoms. The van der Waals surface area contributed by atoms with Crippen LogP contribution in [0.4, 0.5) is 5.69 Å². The summed E-state index contributed by atoms with van der Waals surface area (Å²) >= 11 is 3.46. The summed E-state index contributed by atoms with van der Waals surface area (Å²) in [6.45, 7) is 8.88. The van der Waals surface area contributed by atoms with E-state index in [0.29, 0.717) is 12.4 Å². The fraction of sp³-hybridized carbons (Fsp3) is 0.333. The van der Waals surface area contributed by atoms with Crippen molar-refractivity contribution in [2.75, 3.05) is 17.5 Å². The SMILES string of the molecule is CCOc1ccccc1N(CC(=O)N(Cc1cccc(Br)c1)C(C)C(=O)NC(C)(C)C)S(=O)(=O)c1ccccc1. The molecule has 3 aromatic rings. The predicted octanol–water partition coefficient (Wildman–Crippen LogP) is 5.38. The maximum atomic E-state index is 14.1. The standard InChI is InChI=1S/C30H36BrN3O5S/c1-6-39-27-18-11-10-17-26(27)34(40(37,38)25-15-8-7-9-16-25)21-28(35)33(20-23-13-12-14-24(31)19-23)22(2)29(36)32-30(3,4)5/h7-19,22H,6,20-21H2,1-5H3,(H,32,36). The van der Waals surface area contributed by atoms with E-state index in [2.05, 4.69) is 21.2 Å². The minimum absolute atomic E-state index is 0.0335. The number of nitrogens with zero attached hydrogens (tertiary/aromatic N) is 2. The van der Waals surface area contributed by atoms with E-state index in [1.54, 1.807) is 56.3 Å². The third kappa shape index (κ3) is 8.08. The number of hydrogen-bond donors (Lipinski definition) is 1. The van der Waals surface area contributed by atoms with Crippen LogP contribution in [0, 0.1) is 0 Å². The molecule has 0 aliphatic carbocycles. The summed E-state index contributed by atoms with van der Waals surface area (Å²) in [6, 6.07) is 21.2. The van der Waals surface area contributed by atoms with Crippen molar-refractivity contribution >= 4 is 43.5 Å². The number of sulfonamides is 1. The van der Waals surface area contributed by atoms with Crippen molar-refractivity contribution in [2.24, 2.45) is 0 Å². The third-order valence-corrected chi connectivity index (χ3v) is 8.22. The Kier molecular flexibility index (Phi) is 10.4. The lowest BCUT2D eigenvalue weighted by molar-refractivity contribution is -0.140. The van der Waals surface area contributed by atoms with E-state index in [0.717, 1.165) is 14.3 Å². The Morgan fingerprint density at radius 2 is 1.62 bits per heavy atom. The minimum Gasteiger partial charge on any atom is -0.492 e. The summed E-state index contributed by atoms with van der Waals surface area (Å²) in [4.78, 5) is 28.7. The molecular weight excluding hydrogens is 594 g/mol. The lowest BCUT2D eigenvalue weighted by atomic mass is 10.1. The van der Waals surface area contributed by atoms with Gasteiger partial charge in [-0.3, -0.25) is 13.9 Å². The summed E-state index contributed by atoms with van der Waals surface area (Å²) < 4.78 is 35.5. The van der Waals surface area contributed by atoms with Crippen LogP contribution < -0.4 is 14.4 Å². The molecule has 3 rings (SSSR count). The molecule has 40 heavy (non-hydrogen) atoms. The molecule has 0 fully saturated rings. The highest BCUT2D eigenvalue weighted by atomic mass is 79.9. The molecule has 0 bridgehead atoms. The summed E-state index contributed by atoms with van der Waals surface area (Å²) in [6.07, 6.45) is 0. The third-order valence-electron chi connectivity index (χ3n) is 5.95. The minimum atomic E-state index is -4.18. The quantitative estimate of drug-likeness (QED) is 0.307. The Bertz CT molecular complexity index is 1420. The highest BCUT2D eigenvalue weighted by Crippen LogP contribution is 2.33. The monoisotopic (exact) mass is 629 g/mol. The van der Waals surface area contributed by atoms with Gasteiger partial charge in [0, 0.05) is 16.6 Å². The van der Waals surface area contributed by atoms with Gasteiger partial charge in [-0.2, -0.15) is 0 Å². The van der Waals surface area contributed by atoms with Crippen molar-refractivity contribution in [1.29, 1.82) is 0 Å². The number of para-hydroxylation sites is 2. The Labute approximate surface area is 245 Å². The highest BCUT2D eigenvalue weighted by Gasteiger charge is 2.34. The Morgan fingerprint density at radius 3 is 2.25 bits per heavy atom. The molecule has 10 heteroatoms. The van der Waals surface area contributed by atoms with Crippen LogP contribution in [0.25, 0.3) is 0 Å². The van der Waals surface area contributed by atoms with Gasteiger partial charge in [-0.05, 0) is 76.6 Å².